The van der Waals surface area contributed by atoms with E-state index in [0.29, 0.717) is 0 Å². The van der Waals surface area contributed by atoms with Gasteiger partial charge in [0.15, 0.2) is 0 Å². The lowest BCUT2D eigenvalue weighted by Crippen LogP contribution is -2.16. The number of hydrogen-bond donors (Lipinski definition) is 1. The number of aromatic nitrogens is 3. The van der Waals surface area contributed by atoms with Crippen LogP contribution in [-0.4, -0.2) is 14.8 Å². The van der Waals surface area contributed by atoms with Crippen molar-refractivity contribution in [2.75, 3.05) is 0 Å². The Balaban J connectivity index is 2.43. The normalized spacial score (nSPS) is 12.8. The first-order valence-corrected chi connectivity index (χ1v) is 5.74. The standard InChI is InChI=1S/C11H13BrN4/c1-7-5-8(3-4-14-7)10(13)11-9(12)6-15-16(11)2/h3-6,10H,13H2,1-2H3. The van der Waals surface area contributed by atoms with E-state index in [9.17, 15) is 0 Å². The maximum Gasteiger partial charge on any atom is 0.0735 e. The fourth-order valence-corrected chi connectivity index (χ4v) is 2.28. The molecule has 2 aromatic heterocycles. The van der Waals surface area contributed by atoms with Gasteiger partial charge in [-0.15, -0.1) is 0 Å². The third kappa shape index (κ3) is 2.01. The van der Waals surface area contributed by atoms with Gasteiger partial charge in [-0.05, 0) is 40.5 Å². The summed E-state index contributed by atoms with van der Waals surface area (Å²) in [5, 5.41) is 4.16. The van der Waals surface area contributed by atoms with Gasteiger partial charge in [-0.2, -0.15) is 5.10 Å². The van der Waals surface area contributed by atoms with Gasteiger partial charge in [0, 0.05) is 18.9 Å². The molecule has 0 bridgehead atoms. The van der Waals surface area contributed by atoms with E-state index in [2.05, 4.69) is 26.0 Å². The molecule has 2 rings (SSSR count). The van der Waals surface area contributed by atoms with Gasteiger partial charge in [0.25, 0.3) is 0 Å². The number of halogens is 1. The molecule has 0 saturated carbocycles. The van der Waals surface area contributed by atoms with Crippen LogP contribution < -0.4 is 5.73 Å². The maximum absolute atomic E-state index is 6.21. The minimum absolute atomic E-state index is 0.191. The molecule has 0 aliphatic heterocycles. The Kier molecular flexibility index (Phi) is 3.07. The fraction of sp³-hybridized carbons (Fsp3) is 0.273. The summed E-state index contributed by atoms with van der Waals surface area (Å²) in [7, 11) is 1.88. The van der Waals surface area contributed by atoms with Crippen molar-refractivity contribution in [1.29, 1.82) is 0 Å². The van der Waals surface area contributed by atoms with Crippen molar-refractivity contribution in [3.05, 3.63) is 46.0 Å². The summed E-state index contributed by atoms with van der Waals surface area (Å²) in [6.45, 7) is 1.95. The molecule has 0 aromatic carbocycles. The topological polar surface area (TPSA) is 56.7 Å². The van der Waals surface area contributed by atoms with E-state index in [-0.39, 0.29) is 6.04 Å². The van der Waals surface area contributed by atoms with Crippen LogP contribution in [0, 0.1) is 6.92 Å². The third-order valence-electron chi connectivity index (χ3n) is 2.51. The zero-order valence-electron chi connectivity index (χ0n) is 9.18. The smallest absolute Gasteiger partial charge is 0.0735 e. The molecule has 0 saturated heterocycles. The molecule has 5 heteroatoms. The van der Waals surface area contributed by atoms with Crippen molar-refractivity contribution in [1.82, 2.24) is 14.8 Å². The molecule has 0 fully saturated rings. The Morgan fingerprint density at radius 2 is 2.25 bits per heavy atom. The fourth-order valence-electron chi connectivity index (χ4n) is 1.69. The van der Waals surface area contributed by atoms with Gasteiger partial charge in [-0.3, -0.25) is 9.67 Å². The van der Waals surface area contributed by atoms with Crippen molar-refractivity contribution in [2.24, 2.45) is 12.8 Å². The minimum Gasteiger partial charge on any atom is -0.319 e. The Labute approximate surface area is 103 Å². The Morgan fingerprint density at radius 1 is 1.50 bits per heavy atom. The SMILES string of the molecule is Cc1cc(C(N)c2c(Br)cnn2C)ccn1. The number of hydrogen-bond acceptors (Lipinski definition) is 3. The lowest BCUT2D eigenvalue weighted by molar-refractivity contribution is 0.670. The quantitative estimate of drug-likeness (QED) is 0.915. The first-order valence-electron chi connectivity index (χ1n) is 4.95. The summed E-state index contributed by atoms with van der Waals surface area (Å²) in [6, 6.07) is 3.73. The highest BCUT2D eigenvalue weighted by atomic mass is 79.9. The van der Waals surface area contributed by atoms with Crippen molar-refractivity contribution in [2.45, 2.75) is 13.0 Å². The molecule has 1 unspecified atom stereocenters. The number of aryl methyl sites for hydroxylation is 2. The number of nitrogens with two attached hydrogens (primary N) is 1. The average Bonchev–Trinajstić information content (AvgIpc) is 2.58. The van der Waals surface area contributed by atoms with E-state index in [1.54, 1.807) is 17.1 Å². The lowest BCUT2D eigenvalue weighted by Gasteiger charge is -2.13. The van der Waals surface area contributed by atoms with Crippen LogP contribution in [0.1, 0.15) is 23.0 Å². The van der Waals surface area contributed by atoms with Crippen LogP contribution in [0.3, 0.4) is 0 Å². The zero-order chi connectivity index (χ0) is 11.7. The van der Waals surface area contributed by atoms with Gasteiger partial charge in [-0.25, -0.2) is 0 Å². The molecular formula is C11H13BrN4. The molecule has 0 aliphatic carbocycles. The summed E-state index contributed by atoms with van der Waals surface area (Å²) in [6.07, 6.45) is 3.53. The molecule has 2 aromatic rings. The molecule has 2 heterocycles. The molecule has 16 heavy (non-hydrogen) atoms. The molecule has 4 nitrogen and oxygen atoms in total. The van der Waals surface area contributed by atoms with Crippen LogP contribution in [0.5, 0.6) is 0 Å². The largest absolute Gasteiger partial charge is 0.319 e. The molecule has 84 valence electrons. The van der Waals surface area contributed by atoms with E-state index in [0.717, 1.165) is 21.4 Å². The Morgan fingerprint density at radius 3 is 2.81 bits per heavy atom. The highest BCUT2D eigenvalue weighted by molar-refractivity contribution is 9.10. The van der Waals surface area contributed by atoms with Crippen LogP contribution in [0.15, 0.2) is 29.0 Å². The predicted octanol–water partition coefficient (Wildman–Crippen LogP) is 1.93. The summed E-state index contributed by atoms with van der Waals surface area (Å²) >= 11 is 3.45. The van der Waals surface area contributed by atoms with Crippen LogP contribution in [0.2, 0.25) is 0 Å². The van der Waals surface area contributed by atoms with Crippen LogP contribution in [-0.2, 0) is 7.05 Å². The van der Waals surface area contributed by atoms with Crippen LogP contribution in [0.25, 0.3) is 0 Å². The van der Waals surface area contributed by atoms with Crippen LogP contribution >= 0.6 is 15.9 Å². The lowest BCUT2D eigenvalue weighted by atomic mass is 10.1. The second-order valence-corrected chi connectivity index (χ2v) is 4.56. The van der Waals surface area contributed by atoms with Gasteiger partial charge >= 0.3 is 0 Å². The van der Waals surface area contributed by atoms with Gasteiger partial charge in [0.2, 0.25) is 0 Å². The molecule has 0 amide bonds. The average molecular weight is 281 g/mol. The van der Waals surface area contributed by atoms with E-state index < -0.39 is 0 Å². The number of rotatable bonds is 2. The molecule has 1 atom stereocenters. The third-order valence-corrected chi connectivity index (χ3v) is 3.12. The molecular weight excluding hydrogens is 268 g/mol. The summed E-state index contributed by atoms with van der Waals surface area (Å²) in [4.78, 5) is 4.16. The Bertz CT molecular complexity index is 487. The zero-order valence-corrected chi connectivity index (χ0v) is 10.8. The summed E-state index contributed by atoms with van der Waals surface area (Å²) in [5.74, 6) is 0. The highest BCUT2D eigenvalue weighted by Gasteiger charge is 2.16. The second kappa shape index (κ2) is 4.35. The van der Waals surface area contributed by atoms with Gasteiger partial charge in [0.05, 0.1) is 22.4 Å². The van der Waals surface area contributed by atoms with E-state index in [1.165, 1.54) is 0 Å². The van der Waals surface area contributed by atoms with Crippen molar-refractivity contribution < 1.29 is 0 Å². The molecule has 0 spiro atoms. The predicted molar refractivity (Wildman–Crippen MR) is 65.9 cm³/mol. The monoisotopic (exact) mass is 280 g/mol. The first kappa shape index (κ1) is 11.3. The van der Waals surface area contributed by atoms with Gasteiger partial charge in [0.1, 0.15) is 0 Å². The van der Waals surface area contributed by atoms with Crippen molar-refractivity contribution in [3.8, 4) is 0 Å². The van der Waals surface area contributed by atoms with E-state index in [1.807, 2.05) is 26.1 Å². The van der Waals surface area contributed by atoms with E-state index >= 15 is 0 Å². The van der Waals surface area contributed by atoms with Crippen molar-refractivity contribution in [3.63, 3.8) is 0 Å². The van der Waals surface area contributed by atoms with E-state index in [4.69, 9.17) is 5.73 Å². The molecule has 2 N–H and O–H groups in total. The summed E-state index contributed by atoms with van der Waals surface area (Å²) in [5.41, 5.74) is 9.18. The highest BCUT2D eigenvalue weighted by Crippen LogP contribution is 2.25. The summed E-state index contributed by atoms with van der Waals surface area (Å²) < 4.78 is 2.71. The van der Waals surface area contributed by atoms with Crippen molar-refractivity contribution >= 4 is 15.9 Å². The number of pyridine rings is 1. The van der Waals surface area contributed by atoms with Gasteiger partial charge < -0.3 is 5.73 Å². The van der Waals surface area contributed by atoms with Crippen LogP contribution in [0.4, 0.5) is 0 Å². The molecule has 0 radical (unpaired) electrons. The first-order chi connectivity index (χ1) is 7.59. The maximum atomic E-state index is 6.21. The number of nitrogens with zero attached hydrogens (tertiary/aromatic N) is 3. The minimum atomic E-state index is -0.191. The Hall–Kier alpha value is -1.20. The van der Waals surface area contributed by atoms with Gasteiger partial charge in [-0.1, -0.05) is 0 Å². The second-order valence-electron chi connectivity index (χ2n) is 3.71. The molecule has 0 aliphatic rings.